The average molecular weight is 389 g/mol. The van der Waals surface area contributed by atoms with Gasteiger partial charge in [-0.2, -0.15) is 13.2 Å². The lowest BCUT2D eigenvalue weighted by Gasteiger charge is -2.33. The SMILES string of the molecule is O=C(CBr)N(C1CC1)C(c1cccc(Cl)c1F)C(F)(F)F. The summed E-state index contributed by atoms with van der Waals surface area (Å²) in [6, 6.07) is 0.579. The Morgan fingerprint density at radius 3 is 2.52 bits per heavy atom. The van der Waals surface area contributed by atoms with E-state index in [2.05, 4.69) is 15.9 Å². The molecule has 1 aliphatic rings. The second-order valence-electron chi connectivity index (χ2n) is 4.75. The summed E-state index contributed by atoms with van der Waals surface area (Å²) in [4.78, 5) is 12.6. The Balaban J connectivity index is 2.52. The first-order valence-electron chi connectivity index (χ1n) is 6.15. The summed E-state index contributed by atoms with van der Waals surface area (Å²) in [5, 5.41) is -0.651. The smallest absolute Gasteiger partial charge is 0.323 e. The molecule has 0 radical (unpaired) electrons. The molecule has 0 N–H and O–H groups in total. The molecule has 1 saturated carbocycles. The van der Waals surface area contributed by atoms with Crippen molar-refractivity contribution >= 4 is 33.4 Å². The maximum Gasteiger partial charge on any atom is 0.413 e. The number of alkyl halides is 4. The first kappa shape index (κ1) is 16.5. The average Bonchev–Trinajstić information content (AvgIpc) is 3.22. The van der Waals surface area contributed by atoms with Gasteiger partial charge in [0.15, 0.2) is 6.04 Å². The predicted molar refractivity (Wildman–Crippen MR) is 73.9 cm³/mol. The summed E-state index contributed by atoms with van der Waals surface area (Å²) in [6.07, 6.45) is -3.83. The largest absolute Gasteiger partial charge is 0.413 e. The fourth-order valence-corrected chi connectivity index (χ4v) is 2.67. The van der Waals surface area contributed by atoms with Crippen LogP contribution in [0.1, 0.15) is 24.4 Å². The molecule has 2 nitrogen and oxygen atoms in total. The van der Waals surface area contributed by atoms with Crippen LogP contribution in [-0.2, 0) is 4.79 Å². The van der Waals surface area contributed by atoms with Gasteiger partial charge in [-0.15, -0.1) is 0 Å². The molecule has 8 heteroatoms. The molecule has 1 aromatic rings. The lowest BCUT2D eigenvalue weighted by Crippen LogP contribution is -2.44. The summed E-state index contributed by atoms with van der Waals surface area (Å²) in [6.45, 7) is 0. The minimum atomic E-state index is -4.79. The minimum absolute atomic E-state index is 0.252. The van der Waals surface area contributed by atoms with E-state index in [-0.39, 0.29) is 5.33 Å². The molecule has 2 rings (SSSR count). The van der Waals surface area contributed by atoms with Crippen molar-refractivity contribution in [3.63, 3.8) is 0 Å². The van der Waals surface area contributed by atoms with Crippen LogP contribution in [0.5, 0.6) is 0 Å². The van der Waals surface area contributed by atoms with Gasteiger partial charge in [-0.1, -0.05) is 39.7 Å². The van der Waals surface area contributed by atoms with Crippen molar-refractivity contribution < 1.29 is 22.4 Å². The van der Waals surface area contributed by atoms with Crippen LogP contribution >= 0.6 is 27.5 Å². The maximum absolute atomic E-state index is 14.0. The van der Waals surface area contributed by atoms with Crippen LogP contribution in [0.3, 0.4) is 0 Å². The molecule has 1 amide bonds. The molecule has 0 spiro atoms. The number of nitrogens with zero attached hydrogens (tertiary/aromatic N) is 1. The third-order valence-corrected chi connectivity index (χ3v) is 3.98. The molecule has 1 atom stereocenters. The zero-order chi connectivity index (χ0) is 15.8. The van der Waals surface area contributed by atoms with Crippen molar-refractivity contribution in [3.05, 3.63) is 34.6 Å². The number of hydrogen-bond acceptors (Lipinski definition) is 1. The van der Waals surface area contributed by atoms with Crippen LogP contribution in [0.4, 0.5) is 17.6 Å². The number of hydrogen-bond donors (Lipinski definition) is 0. The molecule has 21 heavy (non-hydrogen) atoms. The van der Waals surface area contributed by atoms with Crippen LogP contribution in [0, 0.1) is 5.82 Å². The summed E-state index contributed by atoms with van der Waals surface area (Å²) >= 11 is 8.44. The summed E-state index contributed by atoms with van der Waals surface area (Å²) in [7, 11) is 0. The highest BCUT2D eigenvalue weighted by Gasteiger charge is 2.51. The number of carbonyl (C=O) groups excluding carboxylic acids is 1. The first-order chi connectivity index (χ1) is 9.77. The first-order valence-corrected chi connectivity index (χ1v) is 7.65. The van der Waals surface area contributed by atoms with E-state index in [0.29, 0.717) is 17.7 Å². The highest BCUT2D eigenvalue weighted by molar-refractivity contribution is 9.09. The van der Waals surface area contributed by atoms with Gasteiger partial charge in [-0.05, 0) is 18.9 Å². The van der Waals surface area contributed by atoms with Gasteiger partial charge in [0, 0.05) is 11.6 Å². The van der Waals surface area contributed by atoms with Gasteiger partial charge in [0.25, 0.3) is 0 Å². The third kappa shape index (κ3) is 3.51. The van der Waals surface area contributed by atoms with Crippen molar-refractivity contribution in [2.45, 2.75) is 31.1 Å². The van der Waals surface area contributed by atoms with Gasteiger partial charge in [-0.25, -0.2) is 4.39 Å². The molecule has 1 aliphatic carbocycles. The van der Waals surface area contributed by atoms with Gasteiger partial charge >= 0.3 is 6.18 Å². The van der Waals surface area contributed by atoms with E-state index >= 15 is 0 Å². The molecule has 0 aliphatic heterocycles. The van der Waals surface area contributed by atoms with Crippen LogP contribution in [-0.4, -0.2) is 28.4 Å². The Labute approximate surface area is 132 Å². The standard InChI is InChI=1S/C13H11BrClF4NO/c14-6-10(21)20(7-4-5-7)12(13(17,18)19)8-2-1-3-9(15)11(8)16/h1-3,7,12H,4-6H2. The Morgan fingerprint density at radius 1 is 1.43 bits per heavy atom. The highest BCUT2D eigenvalue weighted by atomic mass is 79.9. The molecule has 0 aromatic heterocycles. The maximum atomic E-state index is 14.0. The van der Waals surface area contributed by atoms with Crippen LogP contribution in [0.15, 0.2) is 18.2 Å². The van der Waals surface area contributed by atoms with E-state index < -0.39 is 40.6 Å². The normalized spacial score (nSPS) is 16.7. The summed E-state index contributed by atoms with van der Waals surface area (Å²) in [5.41, 5.74) is -0.629. The van der Waals surface area contributed by atoms with Gasteiger partial charge in [0.05, 0.1) is 10.4 Å². The number of rotatable bonds is 4. The van der Waals surface area contributed by atoms with E-state index in [1.807, 2.05) is 0 Å². The molecular weight excluding hydrogens is 377 g/mol. The summed E-state index contributed by atoms with van der Waals surface area (Å²) < 4.78 is 54.3. The second-order valence-corrected chi connectivity index (χ2v) is 5.72. The van der Waals surface area contributed by atoms with Crippen molar-refractivity contribution in [2.24, 2.45) is 0 Å². The zero-order valence-corrected chi connectivity index (χ0v) is 13.0. The van der Waals surface area contributed by atoms with Crippen molar-refractivity contribution in [3.8, 4) is 0 Å². The minimum Gasteiger partial charge on any atom is -0.323 e. The Kier molecular flexibility index (Phi) is 4.82. The van der Waals surface area contributed by atoms with Gasteiger partial charge in [0.1, 0.15) is 5.82 Å². The Morgan fingerprint density at radius 2 is 2.05 bits per heavy atom. The molecule has 1 fully saturated rings. The van der Waals surface area contributed by atoms with E-state index in [1.165, 1.54) is 12.1 Å². The third-order valence-electron chi connectivity index (χ3n) is 3.21. The zero-order valence-electron chi connectivity index (χ0n) is 10.6. The lowest BCUT2D eigenvalue weighted by atomic mass is 10.0. The quantitative estimate of drug-likeness (QED) is 0.550. The molecule has 1 aromatic carbocycles. The number of carbonyl (C=O) groups is 1. The van der Waals surface area contributed by atoms with E-state index in [9.17, 15) is 22.4 Å². The summed E-state index contributed by atoms with van der Waals surface area (Å²) in [5.74, 6) is -1.87. The fraction of sp³-hybridized carbons (Fsp3) is 0.462. The molecular formula is C13H11BrClF4NO. The molecule has 0 bridgehead atoms. The monoisotopic (exact) mass is 387 g/mol. The van der Waals surface area contributed by atoms with Crippen LogP contribution in [0.2, 0.25) is 5.02 Å². The van der Waals surface area contributed by atoms with E-state index in [4.69, 9.17) is 11.6 Å². The number of amides is 1. The van der Waals surface area contributed by atoms with Crippen molar-refractivity contribution in [1.82, 2.24) is 4.90 Å². The lowest BCUT2D eigenvalue weighted by molar-refractivity contribution is -0.193. The van der Waals surface area contributed by atoms with Crippen LogP contribution < -0.4 is 0 Å². The van der Waals surface area contributed by atoms with Crippen LogP contribution in [0.25, 0.3) is 0 Å². The van der Waals surface area contributed by atoms with Crippen molar-refractivity contribution in [2.75, 3.05) is 5.33 Å². The Hall–Kier alpha value is -0.820. The molecule has 116 valence electrons. The highest BCUT2D eigenvalue weighted by Crippen LogP contribution is 2.45. The number of halogens is 6. The molecule has 1 unspecified atom stereocenters. The van der Waals surface area contributed by atoms with Crippen molar-refractivity contribution in [1.29, 1.82) is 0 Å². The van der Waals surface area contributed by atoms with Gasteiger partial charge < -0.3 is 4.90 Å². The van der Waals surface area contributed by atoms with Gasteiger partial charge in [-0.3, -0.25) is 4.79 Å². The fourth-order valence-electron chi connectivity index (χ4n) is 2.20. The predicted octanol–water partition coefficient (Wildman–Crippen LogP) is 4.47. The molecule has 0 heterocycles. The Bertz CT molecular complexity index is 547. The second kappa shape index (κ2) is 6.12. The number of benzene rings is 1. The van der Waals surface area contributed by atoms with Gasteiger partial charge in [0.2, 0.25) is 5.91 Å². The van der Waals surface area contributed by atoms with E-state index in [1.54, 1.807) is 0 Å². The molecule has 0 saturated heterocycles. The topological polar surface area (TPSA) is 20.3 Å². The van der Waals surface area contributed by atoms with E-state index in [0.717, 1.165) is 6.07 Å².